The average molecular weight is 350 g/mol. The summed E-state index contributed by atoms with van der Waals surface area (Å²) in [6.07, 6.45) is 1.56. The molecule has 0 radical (unpaired) electrons. The first-order valence-corrected chi connectivity index (χ1v) is 9.49. The largest absolute Gasteiger partial charge is 0.381 e. The second kappa shape index (κ2) is 6.66. The van der Waals surface area contributed by atoms with Gasteiger partial charge in [0.2, 0.25) is 10.0 Å². The van der Waals surface area contributed by atoms with E-state index in [2.05, 4.69) is 22.0 Å². The van der Waals surface area contributed by atoms with Gasteiger partial charge in [-0.1, -0.05) is 35.5 Å². The number of benzene rings is 1. The molecule has 6 nitrogen and oxygen atoms in total. The molecule has 1 aliphatic rings. The van der Waals surface area contributed by atoms with Gasteiger partial charge in [0.05, 0.1) is 0 Å². The number of nitrogens with zero attached hydrogens (tertiary/aromatic N) is 1. The van der Waals surface area contributed by atoms with E-state index in [1.54, 1.807) is 13.8 Å². The third kappa shape index (κ3) is 3.24. The summed E-state index contributed by atoms with van der Waals surface area (Å²) in [6.45, 7) is 4.82. The summed E-state index contributed by atoms with van der Waals surface area (Å²) in [7, 11) is -3.67. The number of ether oxygens (including phenoxy) is 1. The van der Waals surface area contributed by atoms with Crippen LogP contribution in [-0.4, -0.2) is 33.3 Å². The van der Waals surface area contributed by atoms with Crippen molar-refractivity contribution in [1.82, 2.24) is 9.88 Å². The zero-order valence-corrected chi connectivity index (χ0v) is 14.7. The number of aromatic nitrogens is 1. The van der Waals surface area contributed by atoms with Gasteiger partial charge in [-0.2, -0.15) is 0 Å². The van der Waals surface area contributed by atoms with Crippen molar-refractivity contribution >= 4 is 10.0 Å². The molecular weight excluding hydrogens is 328 g/mol. The van der Waals surface area contributed by atoms with E-state index in [0.717, 1.165) is 18.4 Å². The molecule has 2 aromatic rings. The molecule has 1 fully saturated rings. The molecule has 0 spiro atoms. The summed E-state index contributed by atoms with van der Waals surface area (Å²) in [5.74, 6) is 0.306. The van der Waals surface area contributed by atoms with Crippen LogP contribution in [0, 0.1) is 13.8 Å². The van der Waals surface area contributed by atoms with Crippen molar-refractivity contribution in [2.45, 2.75) is 37.0 Å². The van der Waals surface area contributed by atoms with Crippen molar-refractivity contribution in [2.75, 3.05) is 19.8 Å². The van der Waals surface area contributed by atoms with E-state index >= 15 is 0 Å². The van der Waals surface area contributed by atoms with Crippen molar-refractivity contribution in [3.05, 3.63) is 47.3 Å². The Hall–Kier alpha value is -1.70. The fourth-order valence-corrected chi connectivity index (χ4v) is 4.74. The average Bonchev–Trinajstić information content (AvgIpc) is 2.94. The van der Waals surface area contributed by atoms with Gasteiger partial charge in [0.25, 0.3) is 0 Å². The monoisotopic (exact) mass is 350 g/mol. The van der Waals surface area contributed by atoms with Crippen molar-refractivity contribution in [2.24, 2.45) is 0 Å². The van der Waals surface area contributed by atoms with E-state index in [0.29, 0.717) is 31.2 Å². The number of hydrogen-bond donors (Lipinski definition) is 1. The summed E-state index contributed by atoms with van der Waals surface area (Å²) in [4.78, 5) is 0.137. The van der Waals surface area contributed by atoms with Crippen LogP contribution in [0.15, 0.2) is 39.8 Å². The molecule has 0 unspecified atom stereocenters. The fourth-order valence-electron chi connectivity index (χ4n) is 3.28. The third-order valence-electron chi connectivity index (χ3n) is 4.67. The highest BCUT2D eigenvalue weighted by Crippen LogP contribution is 2.34. The molecule has 0 aliphatic carbocycles. The molecule has 0 bridgehead atoms. The minimum atomic E-state index is -3.67. The van der Waals surface area contributed by atoms with E-state index in [1.807, 2.05) is 18.2 Å². The van der Waals surface area contributed by atoms with Crippen molar-refractivity contribution in [1.29, 1.82) is 0 Å². The summed E-state index contributed by atoms with van der Waals surface area (Å²) in [6, 6.07) is 10.0. The van der Waals surface area contributed by atoms with E-state index in [4.69, 9.17) is 9.26 Å². The van der Waals surface area contributed by atoms with E-state index in [1.165, 1.54) is 0 Å². The predicted molar refractivity (Wildman–Crippen MR) is 89.3 cm³/mol. The Morgan fingerprint density at radius 2 is 1.83 bits per heavy atom. The predicted octanol–water partition coefficient (Wildman–Crippen LogP) is 2.32. The van der Waals surface area contributed by atoms with Crippen LogP contribution in [-0.2, 0) is 20.2 Å². The molecule has 7 heteroatoms. The molecular formula is C17H22N2O4S. The normalized spacial score (nSPS) is 17.8. The Labute approximate surface area is 142 Å². The van der Waals surface area contributed by atoms with E-state index < -0.39 is 10.0 Å². The second-order valence-corrected chi connectivity index (χ2v) is 7.94. The lowest BCUT2D eigenvalue weighted by Crippen LogP contribution is -2.44. The maximum absolute atomic E-state index is 12.7. The quantitative estimate of drug-likeness (QED) is 0.895. The lowest BCUT2D eigenvalue weighted by atomic mass is 9.74. The van der Waals surface area contributed by atoms with Crippen LogP contribution in [0.25, 0.3) is 0 Å². The standard InChI is InChI=1S/C17H22N2O4S/c1-13-16(14(2)23-19-13)24(20,21)18-12-17(8-10-22-11-9-17)15-6-4-3-5-7-15/h3-7,18H,8-12H2,1-2H3. The Morgan fingerprint density at radius 1 is 1.17 bits per heavy atom. The first kappa shape index (κ1) is 17.1. The molecule has 1 N–H and O–H groups in total. The highest BCUT2D eigenvalue weighted by atomic mass is 32.2. The molecule has 3 rings (SSSR count). The SMILES string of the molecule is Cc1noc(C)c1S(=O)(=O)NCC1(c2ccccc2)CCOCC1. The van der Waals surface area contributed by atoms with Crippen molar-refractivity contribution < 1.29 is 17.7 Å². The van der Waals surface area contributed by atoms with Gasteiger partial charge in [-0.25, -0.2) is 13.1 Å². The first-order chi connectivity index (χ1) is 11.4. The fraction of sp³-hybridized carbons (Fsp3) is 0.471. The number of sulfonamides is 1. The van der Waals surface area contributed by atoms with Gasteiger partial charge in [-0.15, -0.1) is 0 Å². The topological polar surface area (TPSA) is 81.4 Å². The molecule has 1 aromatic heterocycles. The van der Waals surface area contributed by atoms with E-state index in [9.17, 15) is 8.42 Å². The summed E-state index contributed by atoms with van der Waals surface area (Å²) in [5, 5.41) is 3.74. The van der Waals surface area contributed by atoms with Crippen molar-refractivity contribution in [3.8, 4) is 0 Å². The maximum Gasteiger partial charge on any atom is 0.245 e. The van der Waals surface area contributed by atoms with Crippen LogP contribution in [0.5, 0.6) is 0 Å². The molecule has 1 aliphatic heterocycles. The van der Waals surface area contributed by atoms with E-state index in [-0.39, 0.29) is 10.3 Å². The highest BCUT2D eigenvalue weighted by Gasteiger charge is 2.36. The lowest BCUT2D eigenvalue weighted by molar-refractivity contribution is 0.0517. The molecule has 0 amide bonds. The molecule has 130 valence electrons. The van der Waals surface area contributed by atoms with Gasteiger partial charge < -0.3 is 9.26 Å². The Bertz CT molecular complexity index is 774. The van der Waals surface area contributed by atoms with Gasteiger partial charge >= 0.3 is 0 Å². The molecule has 1 aromatic carbocycles. The van der Waals surface area contributed by atoms with Crippen LogP contribution in [0.1, 0.15) is 29.9 Å². The maximum atomic E-state index is 12.7. The Morgan fingerprint density at radius 3 is 2.42 bits per heavy atom. The van der Waals surface area contributed by atoms with Gasteiger partial charge in [0.1, 0.15) is 10.6 Å². The number of nitrogens with one attached hydrogen (secondary N) is 1. The van der Waals surface area contributed by atoms with Gasteiger partial charge in [0, 0.05) is 25.2 Å². The number of rotatable bonds is 5. The summed E-state index contributed by atoms with van der Waals surface area (Å²) >= 11 is 0. The highest BCUT2D eigenvalue weighted by molar-refractivity contribution is 7.89. The smallest absolute Gasteiger partial charge is 0.245 e. The molecule has 0 atom stereocenters. The Balaban J connectivity index is 1.87. The molecule has 2 heterocycles. The number of aryl methyl sites for hydroxylation is 2. The molecule has 1 saturated heterocycles. The zero-order valence-electron chi connectivity index (χ0n) is 13.9. The molecule has 0 saturated carbocycles. The van der Waals surface area contributed by atoms with Gasteiger partial charge in [-0.05, 0) is 32.3 Å². The lowest BCUT2D eigenvalue weighted by Gasteiger charge is -2.37. The van der Waals surface area contributed by atoms with Crippen LogP contribution >= 0.6 is 0 Å². The Kier molecular flexibility index (Phi) is 4.76. The minimum Gasteiger partial charge on any atom is -0.381 e. The minimum absolute atomic E-state index is 0.137. The van der Waals surface area contributed by atoms with Crippen LogP contribution in [0.2, 0.25) is 0 Å². The zero-order chi connectivity index (χ0) is 17.2. The van der Waals surface area contributed by atoms with Crippen LogP contribution in [0.3, 0.4) is 0 Å². The third-order valence-corrected chi connectivity index (χ3v) is 6.32. The van der Waals surface area contributed by atoms with Crippen LogP contribution in [0.4, 0.5) is 0 Å². The van der Waals surface area contributed by atoms with Gasteiger partial charge in [-0.3, -0.25) is 0 Å². The molecule has 24 heavy (non-hydrogen) atoms. The van der Waals surface area contributed by atoms with Crippen molar-refractivity contribution in [3.63, 3.8) is 0 Å². The summed E-state index contributed by atoms with van der Waals surface area (Å²) < 4.78 is 38.7. The first-order valence-electron chi connectivity index (χ1n) is 8.00. The van der Waals surface area contributed by atoms with Gasteiger partial charge in [0.15, 0.2) is 5.76 Å². The second-order valence-electron chi connectivity index (χ2n) is 6.24. The van der Waals surface area contributed by atoms with Crippen LogP contribution < -0.4 is 4.72 Å². The number of hydrogen-bond acceptors (Lipinski definition) is 5. The summed E-state index contributed by atoms with van der Waals surface area (Å²) in [5.41, 5.74) is 1.25.